The molecule has 3 heterocycles. The van der Waals surface area contributed by atoms with Crippen LogP contribution >= 0.6 is 0 Å². The van der Waals surface area contributed by atoms with Crippen LogP contribution in [0.1, 0.15) is 50.7 Å². The van der Waals surface area contributed by atoms with Gasteiger partial charge >= 0.3 is 0 Å². The smallest absolute Gasteiger partial charge is 0.252 e. The van der Waals surface area contributed by atoms with Crippen LogP contribution in [-0.4, -0.2) is 12.3 Å². The van der Waals surface area contributed by atoms with E-state index in [-0.39, 0.29) is 17.7 Å². The summed E-state index contributed by atoms with van der Waals surface area (Å²) in [7, 11) is 0. The summed E-state index contributed by atoms with van der Waals surface area (Å²) in [4.78, 5) is 2.78. The fourth-order valence-electron chi connectivity index (χ4n) is 9.79. The molecule has 0 bridgehead atoms. The summed E-state index contributed by atoms with van der Waals surface area (Å²) < 4.78 is 0. The molecule has 2 atom stereocenters. The van der Waals surface area contributed by atoms with Crippen LogP contribution in [0.15, 0.2) is 115 Å². The molecule has 1 saturated carbocycles. The van der Waals surface area contributed by atoms with Gasteiger partial charge in [-0.3, -0.25) is 0 Å². The molecule has 10 rings (SSSR count). The summed E-state index contributed by atoms with van der Waals surface area (Å²) in [5.74, 6) is 0. The zero-order valence-electron chi connectivity index (χ0n) is 27.3. The third-order valence-electron chi connectivity index (χ3n) is 12.2. The van der Waals surface area contributed by atoms with Gasteiger partial charge in [-0.2, -0.15) is 0 Å². The van der Waals surface area contributed by atoms with Crippen LogP contribution < -0.4 is 31.9 Å². The molecule has 6 aromatic carbocycles. The fraction of sp³-hybridized carbons (Fsp3) is 0.209. The van der Waals surface area contributed by atoms with Crippen LogP contribution in [0.3, 0.4) is 0 Å². The van der Waals surface area contributed by atoms with Gasteiger partial charge < -0.3 is 15.5 Å². The number of anilines is 6. The monoisotopic (exact) mass is 607 g/mol. The molecule has 4 heteroatoms. The van der Waals surface area contributed by atoms with E-state index in [1.807, 2.05) is 0 Å². The highest BCUT2D eigenvalue weighted by molar-refractivity contribution is 7.00. The van der Waals surface area contributed by atoms with Crippen LogP contribution in [0.2, 0.25) is 0 Å². The lowest BCUT2D eigenvalue weighted by Crippen LogP contribution is -2.63. The molecule has 0 radical (unpaired) electrons. The number of para-hydroxylation sites is 1. The summed E-state index contributed by atoms with van der Waals surface area (Å²) in [6.07, 6.45) is 5.08. The minimum absolute atomic E-state index is 0.0743. The maximum Gasteiger partial charge on any atom is 0.252 e. The van der Waals surface area contributed by atoms with E-state index in [2.05, 4.69) is 152 Å². The van der Waals surface area contributed by atoms with E-state index in [9.17, 15) is 0 Å². The number of aryl methyl sites for hydroxylation is 1. The fourth-order valence-corrected chi connectivity index (χ4v) is 9.79. The Kier molecular flexibility index (Phi) is 5.52. The van der Waals surface area contributed by atoms with Crippen LogP contribution in [0.5, 0.6) is 0 Å². The van der Waals surface area contributed by atoms with Gasteiger partial charge in [0.2, 0.25) is 0 Å². The molecule has 3 aliphatic heterocycles. The number of rotatable bonds is 3. The van der Waals surface area contributed by atoms with E-state index in [0.29, 0.717) is 0 Å². The molecule has 0 spiro atoms. The molecule has 0 amide bonds. The van der Waals surface area contributed by atoms with Crippen molar-refractivity contribution in [2.75, 3.05) is 15.5 Å². The normalized spacial score (nSPS) is 21.4. The third kappa shape index (κ3) is 3.64. The van der Waals surface area contributed by atoms with Crippen LogP contribution in [0.4, 0.5) is 34.1 Å². The molecule has 0 saturated heterocycles. The predicted molar refractivity (Wildman–Crippen MR) is 201 cm³/mol. The highest BCUT2D eigenvalue weighted by Crippen LogP contribution is 2.61. The molecule has 2 unspecified atom stereocenters. The van der Waals surface area contributed by atoms with E-state index in [0.717, 1.165) is 11.4 Å². The standard InChI is InChI=1S/C43H38BN3/c1-27-23-38-40-39(24-27)47-41-34(42(2)21-6-7-22-43(42,47)3)17-10-18-36(41)44(40)35-20-19-31(26-37(35)46-38)45-30-14-8-13-29(25-30)33-16-9-12-28-11-4-5-15-32(28)33/h4-5,8-20,23-26,45-46H,6-7,21-22H2,1-3H3. The van der Waals surface area contributed by atoms with Gasteiger partial charge in [0.15, 0.2) is 0 Å². The SMILES string of the molecule is Cc1cc2c3c(c1)N1c4c(cccc4C4(C)CCCCC14C)B3c1ccc(Nc3cccc(-c4cccc5ccccc45)c3)cc1N2. The van der Waals surface area contributed by atoms with Crippen molar-refractivity contribution in [1.29, 1.82) is 0 Å². The van der Waals surface area contributed by atoms with Crippen molar-refractivity contribution in [2.45, 2.75) is 57.4 Å². The van der Waals surface area contributed by atoms with Gasteiger partial charge in [0, 0.05) is 39.5 Å². The number of fused-ring (bicyclic) bond motifs is 8. The second kappa shape index (κ2) is 9.54. The first-order valence-electron chi connectivity index (χ1n) is 17.3. The number of nitrogens with zero attached hydrogens (tertiary/aromatic N) is 1. The molecular weight excluding hydrogens is 569 g/mol. The van der Waals surface area contributed by atoms with E-state index in [4.69, 9.17) is 0 Å². The van der Waals surface area contributed by atoms with Crippen molar-refractivity contribution in [3.63, 3.8) is 0 Å². The molecule has 1 fully saturated rings. The number of benzene rings is 6. The summed E-state index contributed by atoms with van der Waals surface area (Å²) in [6.45, 7) is 7.55. The molecular formula is C43H38BN3. The average molecular weight is 608 g/mol. The molecule has 6 aromatic rings. The van der Waals surface area contributed by atoms with Gasteiger partial charge in [-0.05, 0) is 113 Å². The van der Waals surface area contributed by atoms with Crippen LogP contribution in [0.25, 0.3) is 21.9 Å². The number of hydrogen-bond donors (Lipinski definition) is 2. The van der Waals surface area contributed by atoms with Gasteiger partial charge in [0.05, 0.1) is 5.54 Å². The van der Waals surface area contributed by atoms with Gasteiger partial charge in [-0.25, -0.2) is 0 Å². The Morgan fingerprint density at radius 2 is 1.53 bits per heavy atom. The second-order valence-corrected chi connectivity index (χ2v) is 14.7. The average Bonchev–Trinajstić information content (AvgIpc) is 3.30. The predicted octanol–water partition coefficient (Wildman–Crippen LogP) is 9.19. The molecule has 47 heavy (non-hydrogen) atoms. The summed E-state index contributed by atoms with van der Waals surface area (Å²) in [5, 5.41) is 10.2. The largest absolute Gasteiger partial charge is 0.356 e. The Balaban J connectivity index is 1.07. The Labute approximate surface area is 277 Å². The first-order valence-corrected chi connectivity index (χ1v) is 17.3. The topological polar surface area (TPSA) is 27.3 Å². The molecule has 0 aromatic heterocycles. The van der Waals surface area contributed by atoms with Crippen molar-refractivity contribution in [3.8, 4) is 11.1 Å². The zero-order valence-corrected chi connectivity index (χ0v) is 27.3. The highest BCUT2D eigenvalue weighted by Gasteiger charge is 2.60. The van der Waals surface area contributed by atoms with Crippen LogP contribution in [0, 0.1) is 6.92 Å². The first kappa shape index (κ1) is 27.2. The highest BCUT2D eigenvalue weighted by atomic mass is 15.3. The summed E-state index contributed by atoms with van der Waals surface area (Å²) in [6, 6.07) is 42.9. The minimum Gasteiger partial charge on any atom is -0.356 e. The molecule has 2 N–H and O–H groups in total. The Bertz CT molecular complexity index is 2280. The van der Waals surface area contributed by atoms with Crippen LogP contribution in [-0.2, 0) is 5.41 Å². The van der Waals surface area contributed by atoms with Crippen molar-refractivity contribution < 1.29 is 0 Å². The molecule has 4 aliphatic rings. The Morgan fingerprint density at radius 1 is 0.723 bits per heavy atom. The number of nitrogens with one attached hydrogen (secondary N) is 2. The summed E-state index contributed by atoms with van der Waals surface area (Å²) in [5.41, 5.74) is 17.3. The van der Waals surface area contributed by atoms with E-state index in [1.165, 1.54) is 92.3 Å². The molecule has 228 valence electrons. The van der Waals surface area contributed by atoms with Crippen molar-refractivity contribution in [2.24, 2.45) is 0 Å². The van der Waals surface area contributed by atoms with Gasteiger partial charge in [0.25, 0.3) is 6.71 Å². The van der Waals surface area contributed by atoms with Gasteiger partial charge in [-0.1, -0.05) is 98.6 Å². The van der Waals surface area contributed by atoms with E-state index < -0.39 is 0 Å². The summed E-state index contributed by atoms with van der Waals surface area (Å²) >= 11 is 0. The maximum atomic E-state index is 3.92. The maximum absolute atomic E-state index is 3.92. The molecule has 1 aliphatic carbocycles. The zero-order chi connectivity index (χ0) is 31.5. The van der Waals surface area contributed by atoms with Gasteiger partial charge in [-0.15, -0.1) is 0 Å². The lowest BCUT2D eigenvalue weighted by atomic mass is 9.33. The second-order valence-electron chi connectivity index (χ2n) is 14.7. The number of hydrogen-bond acceptors (Lipinski definition) is 3. The van der Waals surface area contributed by atoms with Crippen molar-refractivity contribution >= 4 is 68.0 Å². The van der Waals surface area contributed by atoms with E-state index >= 15 is 0 Å². The minimum atomic E-state index is 0.0743. The van der Waals surface area contributed by atoms with E-state index in [1.54, 1.807) is 5.56 Å². The van der Waals surface area contributed by atoms with Crippen molar-refractivity contribution in [1.82, 2.24) is 0 Å². The van der Waals surface area contributed by atoms with Gasteiger partial charge in [0.1, 0.15) is 0 Å². The quantitative estimate of drug-likeness (QED) is 0.196. The Morgan fingerprint density at radius 3 is 2.47 bits per heavy atom. The Hall–Kier alpha value is -4.96. The van der Waals surface area contributed by atoms with Crippen molar-refractivity contribution in [3.05, 3.63) is 126 Å². The lowest BCUT2D eigenvalue weighted by Gasteiger charge is -2.52. The third-order valence-corrected chi connectivity index (χ3v) is 12.2. The first-order chi connectivity index (χ1) is 22.9. The molecule has 3 nitrogen and oxygen atoms in total. The lowest BCUT2D eigenvalue weighted by molar-refractivity contribution is 0.195.